The van der Waals surface area contributed by atoms with Gasteiger partial charge in [0.05, 0.1) is 24.6 Å². The fourth-order valence-corrected chi connectivity index (χ4v) is 2.06. The smallest absolute Gasteiger partial charge is 0.0876 e. The molecule has 2 rings (SSSR count). The fourth-order valence-electron chi connectivity index (χ4n) is 2.06. The van der Waals surface area contributed by atoms with Crippen LogP contribution in [-0.2, 0) is 4.74 Å². The van der Waals surface area contributed by atoms with Gasteiger partial charge < -0.3 is 10.1 Å². The summed E-state index contributed by atoms with van der Waals surface area (Å²) in [5.74, 6) is 0. The molecule has 0 bridgehead atoms. The Morgan fingerprint density at radius 2 is 2.41 bits per heavy atom. The first-order chi connectivity index (χ1) is 8.42. The molecule has 1 unspecified atom stereocenters. The van der Waals surface area contributed by atoms with Gasteiger partial charge in [0.2, 0.25) is 0 Å². The molecular weight excluding hydrogens is 212 g/mol. The van der Waals surface area contributed by atoms with Crippen molar-refractivity contribution in [1.29, 1.82) is 0 Å². The number of hydrogen-bond acceptors (Lipinski definition) is 3. The number of pyridine rings is 1. The van der Waals surface area contributed by atoms with E-state index in [1.54, 1.807) is 0 Å². The molecule has 17 heavy (non-hydrogen) atoms. The maximum Gasteiger partial charge on any atom is 0.0876 e. The molecule has 0 spiro atoms. The first-order valence-corrected chi connectivity index (χ1v) is 6.36. The second kappa shape index (κ2) is 6.40. The zero-order valence-corrected chi connectivity index (χ0v) is 10.4. The van der Waals surface area contributed by atoms with E-state index in [0.717, 1.165) is 38.1 Å². The van der Waals surface area contributed by atoms with Crippen LogP contribution >= 0.6 is 0 Å². The summed E-state index contributed by atoms with van der Waals surface area (Å²) in [7, 11) is 0. The van der Waals surface area contributed by atoms with Crippen molar-refractivity contribution < 1.29 is 4.74 Å². The average molecular weight is 232 g/mol. The van der Waals surface area contributed by atoms with Crippen LogP contribution in [0.5, 0.6) is 0 Å². The van der Waals surface area contributed by atoms with Crippen LogP contribution in [-0.4, -0.2) is 18.1 Å². The fraction of sp³-hybridized carbons (Fsp3) is 0.500. The molecule has 2 heterocycles. The monoisotopic (exact) mass is 232 g/mol. The molecular formula is C14H20N2O. The standard InChI is InChI=1S/C14H20N2O/c1-2-8-16-14(12-6-5-10-17-11-12)13-7-3-4-9-15-13/h3-4,7,9,11,14,16H,2,5-6,8,10H2,1H3. The zero-order valence-electron chi connectivity index (χ0n) is 10.4. The van der Waals surface area contributed by atoms with Crippen LogP contribution in [0, 0.1) is 0 Å². The maximum atomic E-state index is 5.43. The number of rotatable bonds is 5. The van der Waals surface area contributed by atoms with Gasteiger partial charge in [0.25, 0.3) is 0 Å². The lowest BCUT2D eigenvalue weighted by molar-refractivity contribution is 0.219. The third kappa shape index (κ3) is 3.30. The molecule has 0 saturated carbocycles. The van der Waals surface area contributed by atoms with Gasteiger partial charge in [-0.2, -0.15) is 0 Å². The summed E-state index contributed by atoms with van der Waals surface area (Å²) in [6.07, 6.45) is 7.07. The number of hydrogen-bond donors (Lipinski definition) is 1. The topological polar surface area (TPSA) is 34.1 Å². The molecule has 0 radical (unpaired) electrons. The van der Waals surface area contributed by atoms with Gasteiger partial charge in [-0.05, 0) is 43.5 Å². The SMILES string of the molecule is CCCNC(C1=COCCC1)c1ccccn1. The van der Waals surface area contributed by atoms with E-state index in [2.05, 4.69) is 23.3 Å². The highest BCUT2D eigenvalue weighted by Crippen LogP contribution is 2.26. The van der Waals surface area contributed by atoms with Gasteiger partial charge in [0, 0.05) is 6.20 Å². The van der Waals surface area contributed by atoms with E-state index < -0.39 is 0 Å². The second-order valence-corrected chi connectivity index (χ2v) is 4.31. The summed E-state index contributed by atoms with van der Waals surface area (Å²) < 4.78 is 5.43. The molecule has 1 aromatic rings. The van der Waals surface area contributed by atoms with Crippen molar-refractivity contribution in [3.05, 3.63) is 41.9 Å². The van der Waals surface area contributed by atoms with E-state index in [1.165, 1.54) is 5.57 Å². The summed E-state index contributed by atoms with van der Waals surface area (Å²) in [4.78, 5) is 4.45. The molecule has 0 fully saturated rings. The Hall–Kier alpha value is -1.35. The highest BCUT2D eigenvalue weighted by atomic mass is 16.5. The van der Waals surface area contributed by atoms with Crippen molar-refractivity contribution in [2.24, 2.45) is 0 Å². The predicted octanol–water partition coefficient (Wildman–Crippen LogP) is 2.82. The zero-order chi connectivity index (χ0) is 11.9. The van der Waals surface area contributed by atoms with Gasteiger partial charge in [0.1, 0.15) is 0 Å². The van der Waals surface area contributed by atoms with Gasteiger partial charge in [0.15, 0.2) is 0 Å². The van der Waals surface area contributed by atoms with E-state index in [0.29, 0.717) is 0 Å². The Morgan fingerprint density at radius 1 is 1.47 bits per heavy atom. The predicted molar refractivity (Wildman–Crippen MR) is 68.5 cm³/mol. The molecule has 0 amide bonds. The highest BCUT2D eigenvalue weighted by molar-refractivity contribution is 5.22. The first kappa shape index (κ1) is 12.1. The van der Waals surface area contributed by atoms with E-state index in [9.17, 15) is 0 Å². The van der Waals surface area contributed by atoms with Crippen LogP contribution in [0.2, 0.25) is 0 Å². The quantitative estimate of drug-likeness (QED) is 0.847. The Balaban J connectivity index is 2.15. The second-order valence-electron chi connectivity index (χ2n) is 4.31. The molecule has 1 aliphatic heterocycles. The lowest BCUT2D eigenvalue weighted by Gasteiger charge is -2.23. The van der Waals surface area contributed by atoms with Crippen molar-refractivity contribution in [2.45, 2.75) is 32.2 Å². The highest BCUT2D eigenvalue weighted by Gasteiger charge is 2.19. The minimum Gasteiger partial charge on any atom is -0.501 e. The molecule has 1 N–H and O–H groups in total. The third-order valence-corrected chi connectivity index (χ3v) is 2.92. The van der Waals surface area contributed by atoms with Gasteiger partial charge >= 0.3 is 0 Å². The largest absolute Gasteiger partial charge is 0.501 e. The van der Waals surface area contributed by atoms with E-state index >= 15 is 0 Å². The molecule has 0 aliphatic carbocycles. The van der Waals surface area contributed by atoms with Gasteiger partial charge in [-0.1, -0.05) is 13.0 Å². The molecule has 1 aliphatic rings. The Bertz CT molecular complexity index is 362. The van der Waals surface area contributed by atoms with Crippen molar-refractivity contribution >= 4 is 0 Å². The Kier molecular flexibility index (Phi) is 4.56. The van der Waals surface area contributed by atoms with Crippen LogP contribution in [0.25, 0.3) is 0 Å². The molecule has 3 nitrogen and oxygen atoms in total. The van der Waals surface area contributed by atoms with Crippen molar-refractivity contribution in [3.63, 3.8) is 0 Å². The average Bonchev–Trinajstić information content (AvgIpc) is 2.42. The number of nitrogens with one attached hydrogen (secondary N) is 1. The summed E-state index contributed by atoms with van der Waals surface area (Å²) in [6, 6.07) is 6.26. The molecule has 1 aromatic heterocycles. The van der Waals surface area contributed by atoms with Crippen LogP contribution in [0.15, 0.2) is 36.2 Å². The number of ether oxygens (including phenoxy) is 1. The Labute approximate surface area is 103 Å². The van der Waals surface area contributed by atoms with E-state index in [-0.39, 0.29) is 6.04 Å². The third-order valence-electron chi connectivity index (χ3n) is 2.92. The maximum absolute atomic E-state index is 5.43. The Morgan fingerprint density at radius 3 is 3.06 bits per heavy atom. The minimum absolute atomic E-state index is 0.205. The molecule has 0 saturated heterocycles. The van der Waals surface area contributed by atoms with E-state index in [1.807, 2.05) is 24.6 Å². The van der Waals surface area contributed by atoms with Crippen LogP contribution in [0.1, 0.15) is 37.9 Å². The number of aromatic nitrogens is 1. The number of nitrogens with zero attached hydrogens (tertiary/aromatic N) is 1. The summed E-state index contributed by atoms with van der Waals surface area (Å²) in [5, 5.41) is 3.54. The van der Waals surface area contributed by atoms with Gasteiger partial charge in [-0.25, -0.2) is 0 Å². The van der Waals surface area contributed by atoms with Crippen LogP contribution in [0.3, 0.4) is 0 Å². The minimum atomic E-state index is 0.205. The van der Waals surface area contributed by atoms with Crippen LogP contribution in [0.4, 0.5) is 0 Å². The van der Waals surface area contributed by atoms with Crippen LogP contribution < -0.4 is 5.32 Å². The summed E-state index contributed by atoms with van der Waals surface area (Å²) >= 11 is 0. The summed E-state index contributed by atoms with van der Waals surface area (Å²) in [6.45, 7) is 4.01. The molecule has 3 heteroatoms. The molecule has 92 valence electrons. The van der Waals surface area contributed by atoms with Crippen molar-refractivity contribution in [1.82, 2.24) is 10.3 Å². The van der Waals surface area contributed by atoms with Gasteiger partial charge in [-0.15, -0.1) is 0 Å². The van der Waals surface area contributed by atoms with Gasteiger partial charge in [-0.3, -0.25) is 4.98 Å². The normalized spacial score (nSPS) is 17.1. The van der Waals surface area contributed by atoms with E-state index in [4.69, 9.17) is 4.74 Å². The first-order valence-electron chi connectivity index (χ1n) is 6.36. The summed E-state index contributed by atoms with van der Waals surface area (Å²) in [5.41, 5.74) is 2.39. The lowest BCUT2D eigenvalue weighted by Crippen LogP contribution is -2.26. The molecule has 1 atom stereocenters. The lowest BCUT2D eigenvalue weighted by atomic mass is 9.98. The molecule has 0 aromatic carbocycles. The van der Waals surface area contributed by atoms with Crippen molar-refractivity contribution in [3.8, 4) is 0 Å². The van der Waals surface area contributed by atoms with Crippen molar-refractivity contribution in [2.75, 3.05) is 13.2 Å².